The molecule has 1 fully saturated rings. The Morgan fingerprint density at radius 3 is 2.62 bits per heavy atom. The number of nitrogens with zero attached hydrogens (tertiary/aromatic N) is 4. The van der Waals surface area contributed by atoms with E-state index in [1.54, 1.807) is 13.2 Å². The van der Waals surface area contributed by atoms with Crippen LogP contribution in [0.4, 0.5) is 5.82 Å². The molecule has 7 heteroatoms. The maximum Gasteiger partial charge on any atom is 0.239 e. The van der Waals surface area contributed by atoms with Crippen LogP contribution in [0.5, 0.6) is 0 Å². The number of hydrogen-bond donors (Lipinski definition) is 1. The summed E-state index contributed by atoms with van der Waals surface area (Å²) in [4.78, 5) is 34.1. The summed E-state index contributed by atoms with van der Waals surface area (Å²) in [6.45, 7) is 6.46. The van der Waals surface area contributed by atoms with Gasteiger partial charge >= 0.3 is 0 Å². The van der Waals surface area contributed by atoms with E-state index < -0.39 is 0 Å². The quantitative estimate of drug-likeness (QED) is 0.771. The van der Waals surface area contributed by atoms with Crippen molar-refractivity contribution in [3.63, 3.8) is 0 Å². The van der Waals surface area contributed by atoms with Gasteiger partial charge in [0, 0.05) is 46.0 Å². The summed E-state index contributed by atoms with van der Waals surface area (Å²) < 4.78 is 0. The first-order chi connectivity index (χ1) is 11.6. The molecule has 1 aliphatic heterocycles. The third-order valence-corrected chi connectivity index (χ3v) is 4.08. The molecule has 0 aromatic carbocycles. The maximum absolute atomic E-state index is 12.3. The monoisotopic (exact) mass is 333 g/mol. The number of aromatic nitrogens is 1. The molecule has 0 unspecified atom stereocenters. The van der Waals surface area contributed by atoms with E-state index in [0.29, 0.717) is 13.1 Å². The van der Waals surface area contributed by atoms with Crippen LogP contribution < -0.4 is 10.2 Å². The number of rotatable bonds is 7. The lowest BCUT2D eigenvalue weighted by Crippen LogP contribution is -2.50. The van der Waals surface area contributed by atoms with Gasteiger partial charge in [0.15, 0.2) is 0 Å². The average molecular weight is 333 g/mol. The Morgan fingerprint density at radius 1 is 1.25 bits per heavy atom. The Balaban J connectivity index is 1.72. The van der Waals surface area contributed by atoms with E-state index in [0.717, 1.165) is 38.4 Å². The van der Waals surface area contributed by atoms with E-state index in [4.69, 9.17) is 0 Å². The van der Waals surface area contributed by atoms with Crippen molar-refractivity contribution in [2.24, 2.45) is 0 Å². The molecule has 0 aliphatic carbocycles. The summed E-state index contributed by atoms with van der Waals surface area (Å²) in [5, 5.41) is 2.79. The predicted molar refractivity (Wildman–Crippen MR) is 93.8 cm³/mol. The second-order valence-electron chi connectivity index (χ2n) is 6.05. The Hall–Kier alpha value is -2.15. The molecule has 0 saturated carbocycles. The third-order valence-electron chi connectivity index (χ3n) is 4.08. The van der Waals surface area contributed by atoms with E-state index in [9.17, 15) is 9.59 Å². The summed E-state index contributed by atoms with van der Waals surface area (Å²) in [5.74, 6) is 0.855. The van der Waals surface area contributed by atoms with Gasteiger partial charge in [0.05, 0.1) is 13.1 Å². The molecule has 24 heavy (non-hydrogen) atoms. The van der Waals surface area contributed by atoms with Crippen LogP contribution in [-0.4, -0.2) is 79.5 Å². The van der Waals surface area contributed by atoms with E-state index in [2.05, 4.69) is 20.1 Å². The number of nitrogens with one attached hydrogen (secondary N) is 1. The molecule has 1 N–H and O–H groups in total. The SMILES string of the molecule is CCCNC(=O)CN(C)C(=O)CN1CCN(c2ccccn2)CC1. The van der Waals surface area contributed by atoms with Gasteiger partial charge in [-0.2, -0.15) is 0 Å². The van der Waals surface area contributed by atoms with Crippen molar-refractivity contribution in [2.45, 2.75) is 13.3 Å². The number of anilines is 1. The van der Waals surface area contributed by atoms with Gasteiger partial charge in [0.25, 0.3) is 0 Å². The van der Waals surface area contributed by atoms with Gasteiger partial charge < -0.3 is 15.1 Å². The number of carbonyl (C=O) groups excluding carboxylic acids is 2. The van der Waals surface area contributed by atoms with Crippen LogP contribution in [-0.2, 0) is 9.59 Å². The predicted octanol–water partition coefficient (Wildman–Crippen LogP) is 0.188. The number of pyridine rings is 1. The third kappa shape index (κ3) is 5.49. The molecule has 2 amide bonds. The second-order valence-corrected chi connectivity index (χ2v) is 6.05. The zero-order chi connectivity index (χ0) is 17.4. The number of hydrogen-bond acceptors (Lipinski definition) is 5. The lowest BCUT2D eigenvalue weighted by Gasteiger charge is -2.35. The van der Waals surface area contributed by atoms with Gasteiger partial charge in [-0.3, -0.25) is 14.5 Å². The minimum absolute atomic E-state index is 0.0204. The molecular formula is C17H27N5O2. The first kappa shape index (κ1) is 18.2. The van der Waals surface area contributed by atoms with Crippen LogP contribution in [0, 0.1) is 0 Å². The van der Waals surface area contributed by atoms with Crippen LogP contribution >= 0.6 is 0 Å². The summed E-state index contributed by atoms with van der Waals surface area (Å²) in [6, 6.07) is 5.89. The molecule has 1 aromatic heterocycles. The van der Waals surface area contributed by atoms with Gasteiger partial charge in [0.1, 0.15) is 5.82 Å². The molecule has 2 rings (SSSR count). The van der Waals surface area contributed by atoms with Gasteiger partial charge in [-0.25, -0.2) is 4.98 Å². The summed E-state index contributed by atoms with van der Waals surface area (Å²) in [7, 11) is 1.68. The number of likely N-dealkylation sites (N-methyl/N-ethyl adjacent to an activating group) is 1. The lowest BCUT2D eigenvalue weighted by molar-refractivity contribution is -0.135. The Morgan fingerprint density at radius 2 is 2.00 bits per heavy atom. The zero-order valence-electron chi connectivity index (χ0n) is 14.6. The highest BCUT2D eigenvalue weighted by molar-refractivity contribution is 5.85. The molecule has 0 bridgehead atoms. The fraction of sp³-hybridized carbons (Fsp3) is 0.588. The van der Waals surface area contributed by atoms with E-state index in [1.807, 2.05) is 25.1 Å². The van der Waals surface area contributed by atoms with Crippen LogP contribution in [0.1, 0.15) is 13.3 Å². The molecule has 1 aliphatic rings. The number of carbonyl (C=O) groups is 2. The van der Waals surface area contributed by atoms with Crippen molar-refractivity contribution in [3.8, 4) is 0 Å². The van der Waals surface area contributed by atoms with E-state index in [-0.39, 0.29) is 18.4 Å². The van der Waals surface area contributed by atoms with Crippen molar-refractivity contribution in [1.29, 1.82) is 0 Å². The van der Waals surface area contributed by atoms with Crippen molar-refractivity contribution >= 4 is 17.6 Å². The molecule has 0 atom stereocenters. The van der Waals surface area contributed by atoms with Gasteiger partial charge in [0.2, 0.25) is 11.8 Å². The van der Waals surface area contributed by atoms with Crippen LogP contribution in [0.3, 0.4) is 0 Å². The lowest BCUT2D eigenvalue weighted by atomic mass is 10.3. The standard InChI is InChI=1S/C17H27N5O2/c1-3-7-19-16(23)13-20(2)17(24)14-21-9-11-22(12-10-21)15-6-4-5-8-18-15/h4-6,8H,3,7,9-14H2,1-2H3,(H,19,23). The molecule has 7 nitrogen and oxygen atoms in total. The molecule has 1 aromatic rings. The Kier molecular flexibility index (Phi) is 6.99. The van der Waals surface area contributed by atoms with Crippen LogP contribution in [0.2, 0.25) is 0 Å². The average Bonchev–Trinajstić information content (AvgIpc) is 2.61. The summed E-state index contributed by atoms with van der Waals surface area (Å²) >= 11 is 0. The molecule has 1 saturated heterocycles. The summed E-state index contributed by atoms with van der Waals surface area (Å²) in [6.07, 6.45) is 2.69. The smallest absolute Gasteiger partial charge is 0.239 e. The molecule has 0 spiro atoms. The minimum Gasteiger partial charge on any atom is -0.355 e. The van der Waals surface area contributed by atoms with Crippen molar-refractivity contribution in [2.75, 3.05) is 57.8 Å². The molecule has 2 heterocycles. The zero-order valence-corrected chi connectivity index (χ0v) is 14.6. The van der Waals surface area contributed by atoms with Gasteiger partial charge in [-0.15, -0.1) is 0 Å². The van der Waals surface area contributed by atoms with Crippen molar-refractivity contribution in [1.82, 2.24) is 20.1 Å². The first-order valence-electron chi connectivity index (χ1n) is 8.49. The topological polar surface area (TPSA) is 68.8 Å². The highest BCUT2D eigenvalue weighted by Crippen LogP contribution is 2.12. The van der Waals surface area contributed by atoms with E-state index >= 15 is 0 Å². The van der Waals surface area contributed by atoms with Crippen LogP contribution in [0.15, 0.2) is 24.4 Å². The largest absolute Gasteiger partial charge is 0.355 e. The highest BCUT2D eigenvalue weighted by atomic mass is 16.2. The fourth-order valence-corrected chi connectivity index (χ4v) is 2.61. The first-order valence-corrected chi connectivity index (χ1v) is 8.49. The van der Waals surface area contributed by atoms with Gasteiger partial charge in [-0.05, 0) is 18.6 Å². The van der Waals surface area contributed by atoms with E-state index in [1.165, 1.54) is 4.90 Å². The molecular weight excluding hydrogens is 306 g/mol. The fourth-order valence-electron chi connectivity index (χ4n) is 2.61. The minimum atomic E-state index is -0.104. The van der Waals surface area contributed by atoms with Crippen molar-refractivity contribution in [3.05, 3.63) is 24.4 Å². The normalized spacial score (nSPS) is 15.2. The molecule has 132 valence electrons. The number of amides is 2. The highest BCUT2D eigenvalue weighted by Gasteiger charge is 2.21. The Bertz CT molecular complexity index is 529. The maximum atomic E-state index is 12.3. The number of piperazine rings is 1. The molecule has 0 radical (unpaired) electrons. The Labute approximate surface area is 143 Å². The van der Waals surface area contributed by atoms with Crippen LogP contribution in [0.25, 0.3) is 0 Å². The van der Waals surface area contributed by atoms with Crippen molar-refractivity contribution < 1.29 is 9.59 Å². The second kappa shape index (κ2) is 9.22. The van der Waals surface area contributed by atoms with Gasteiger partial charge in [-0.1, -0.05) is 13.0 Å². The summed E-state index contributed by atoms with van der Waals surface area (Å²) in [5.41, 5.74) is 0.